The summed E-state index contributed by atoms with van der Waals surface area (Å²) in [6, 6.07) is 13.0. The Kier molecular flexibility index (Phi) is 5.03. The third kappa shape index (κ3) is 3.59. The van der Waals surface area contributed by atoms with Gasteiger partial charge in [0, 0.05) is 24.7 Å². The Labute approximate surface area is 162 Å². The number of hydrogen-bond acceptors (Lipinski definition) is 7. The lowest BCUT2D eigenvalue weighted by Gasteiger charge is -2.26. The van der Waals surface area contributed by atoms with Crippen LogP contribution in [0.15, 0.2) is 69.9 Å². The largest absolute Gasteiger partial charge is 0.507 e. The molecule has 1 aliphatic rings. The molecule has 9 heteroatoms. The first-order chi connectivity index (χ1) is 13.6. The summed E-state index contributed by atoms with van der Waals surface area (Å²) in [6.07, 6.45) is 1.61. The Morgan fingerprint density at radius 3 is 2.68 bits per heavy atom. The number of sulfonamides is 1. The first-order valence-corrected chi connectivity index (χ1v) is 10.2. The first kappa shape index (κ1) is 18.5. The van der Waals surface area contributed by atoms with E-state index in [1.165, 1.54) is 16.4 Å². The summed E-state index contributed by atoms with van der Waals surface area (Å²) in [4.78, 5) is 4.41. The second kappa shape index (κ2) is 7.63. The van der Waals surface area contributed by atoms with Gasteiger partial charge in [-0.2, -0.15) is 9.42 Å². The minimum absolute atomic E-state index is 0.112. The molecule has 28 heavy (non-hydrogen) atoms. The molecule has 0 aliphatic carbocycles. The molecule has 4 rings (SSSR count). The minimum atomic E-state index is -3.60. The molecule has 0 amide bonds. The van der Waals surface area contributed by atoms with Gasteiger partial charge in [0.1, 0.15) is 17.0 Å². The van der Waals surface area contributed by atoms with Crippen molar-refractivity contribution in [3.63, 3.8) is 0 Å². The van der Waals surface area contributed by atoms with Crippen LogP contribution in [0.3, 0.4) is 0 Å². The number of hydrogen-bond donors (Lipinski definition) is 1. The molecule has 1 saturated heterocycles. The molecule has 1 aromatic heterocycles. The highest BCUT2D eigenvalue weighted by Gasteiger charge is 2.26. The van der Waals surface area contributed by atoms with Crippen molar-refractivity contribution in [3.05, 3.63) is 54.7 Å². The molecule has 0 spiro atoms. The zero-order valence-corrected chi connectivity index (χ0v) is 15.7. The van der Waals surface area contributed by atoms with Gasteiger partial charge < -0.3 is 9.84 Å². The maximum Gasteiger partial charge on any atom is 0.243 e. The Bertz CT molecular complexity index is 1140. The third-order valence-electron chi connectivity index (χ3n) is 4.42. The van der Waals surface area contributed by atoms with Crippen LogP contribution in [0.2, 0.25) is 0 Å². The molecule has 0 atom stereocenters. The molecule has 0 unspecified atom stereocenters. The Balaban J connectivity index is 1.65. The predicted octanol–water partition coefficient (Wildman–Crippen LogP) is 3.38. The molecule has 1 aliphatic heterocycles. The lowest BCUT2D eigenvalue weighted by Crippen LogP contribution is -2.40. The van der Waals surface area contributed by atoms with Gasteiger partial charge in [0.25, 0.3) is 0 Å². The number of azo groups is 1. The summed E-state index contributed by atoms with van der Waals surface area (Å²) in [5.74, 6) is 0.112. The van der Waals surface area contributed by atoms with Crippen molar-refractivity contribution in [3.8, 4) is 5.75 Å². The second-order valence-electron chi connectivity index (χ2n) is 6.22. The summed E-state index contributed by atoms with van der Waals surface area (Å²) >= 11 is 0. The van der Waals surface area contributed by atoms with Crippen LogP contribution in [-0.2, 0) is 14.8 Å². The number of benzene rings is 2. The van der Waals surface area contributed by atoms with E-state index < -0.39 is 10.0 Å². The van der Waals surface area contributed by atoms with Crippen molar-refractivity contribution in [1.29, 1.82) is 0 Å². The molecule has 1 fully saturated rings. The topological polar surface area (TPSA) is 104 Å². The first-order valence-electron chi connectivity index (χ1n) is 8.72. The number of aromatic hydroxyl groups is 1. The standard InChI is InChI=1S/C19H18N4O4S/c24-18-7-6-17(19-16(18)5-2-8-20-19)22-21-14-3-1-4-15(13-14)28(25,26)23-9-11-27-12-10-23/h1-8,13,24H,9-12H2. The fraction of sp³-hybridized carbons (Fsp3) is 0.211. The Morgan fingerprint density at radius 1 is 1.04 bits per heavy atom. The molecule has 2 heterocycles. The van der Waals surface area contributed by atoms with Crippen molar-refractivity contribution in [2.45, 2.75) is 4.90 Å². The van der Waals surface area contributed by atoms with Crippen molar-refractivity contribution < 1.29 is 18.3 Å². The van der Waals surface area contributed by atoms with E-state index in [1.807, 2.05) is 0 Å². The van der Waals surface area contributed by atoms with Crippen LogP contribution in [0.4, 0.5) is 11.4 Å². The summed E-state index contributed by atoms with van der Waals surface area (Å²) in [6.45, 7) is 1.44. The van der Waals surface area contributed by atoms with Crippen LogP contribution >= 0.6 is 0 Å². The monoisotopic (exact) mass is 398 g/mol. The van der Waals surface area contributed by atoms with Crippen LogP contribution in [0.5, 0.6) is 5.75 Å². The van der Waals surface area contributed by atoms with Gasteiger partial charge >= 0.3 is 0 Å². The van der Waals surface area contributed by atoms with Crippen LogP contribution in [0, 0.1) is 0 Å². The highest BCUT2D eigenvalue weighted by Crippen LogP contribution is 2.32. The van der Waals surface area contributed by atoms with Gasteiger partial charge in [-0.25, -0.2) is 8.42 Å². The van der Waals surface area contributed by atoms with Gasteiger partial charge in [-0.05, 0) is 42.5 Å². The normalized spacial score (nSPS) is 16.0. The smallest absolute Gasteiger partial charge is 0.243 e. The highest BCUT2D eigenvalue weighted by atomic mass is 32.2. The lowest BCUT2D eigenvalue weighted by atomic mass is 10.2. The van der Waals surface area contributed by atoms with Gasteiger partial charge in [0.2, 0.25) is 10.0 Å². The predicted molar refractivity (Wildman–Crippen MR) is 104 cm³/mol. The molecular weight excluding hydrogens is 380 g/mol. The number of phenols is 1. The molecule has 0 saturated carbocycles. The van der Waals surface area contributed by atoms with Gasteiger partial charge in [0.05, 0.1) is 23.8 Å². The Morgan fingerprint density at radius 2 is 1.86 bits per heavy atom. The summed E-state index contributed by atoms with van der Waals surface area (Å²) in [5, 5.41) is 18.9. The maximum absolute atomic E-state index is 12.8. The molecule has 0 bridgehead atoms. The van der Waals surface area contributed by atoms with Crippen molar-refractivity contribution in [1.82, 2.24) is 9.29 Å². The maximum atomic E-state index is 12.8. The van der Waals surface area contributed by atoms with Crippen LogP contribution in [0.25, 0.3) is 10.9 Å². The van der Waals surface area contributed by atoms with E-state index in [2.05, 4.69) is 15.2 Å². The van der Waals surface area contributed by atoms with E-state index in [1.54, 1.807) is 42.6 Å². The van der Waals surface area contributed by atoms with Gasteiger partial charge in [0.15, 0.2) is 0 Å². The molecule has 0 radical (unpaired) electrons. The molecule has 8 nitrogen and oxygen atoms in total. The lowest BCUT2D eigenvalue weighted by molar-refractivity contribution is 0.0730. The number of ether oxygens (including phenoxy) is 1. The average molecular weight is 398 g/mol. The fourth-order valence-electron chi connectivity index (χ4n) is 2.98. The highest BCUT2D eigenvalue weighted by molar-refractivity contribution is 7.89. The van der Waals surface area contributed by atoms with E-state index >= 15 is 0 Å². The molecule has 2 aromatic carbocycles. The Hall–Kier alpha value is -2.88. The summed E-state index contributed by atoms with van der Waals surface area (Å²) < 4.78 is 32.2. The van der Waals surface area contributed by atoms with Crippen LogP contribution in [0.1, 0.15) is 0 Å². The van der Waals surface area contributed by atoms with Crippen molar-refractivity contribution >= 4 is 32.3 Å². The van der Waals surface area contributed by atoms with E-state index in [4.69, 9.17) is 4.74 Å². The van der Waals surface area contributed by atoms with E-state index in [9.17, 15) is 13.5 Å². The van der Waals surface area contributed by atoms with Crippen molar-refractivity contribution in [2.75, 3.05) is 26.3 Å². The summed E-state index contributed by atoms with van der Waals surface area (Å²) in [5.41, 5.74) is 1.41. The van der Waals surface area contributed by atoms with Crippen molar-refractivity contribution in [2.24, 2.45) is 10.2 Å². The quantitative estimate of drug-likeness (QED) is 0.679. The number of morpholine rings is 1. The van der Waals surface area contributed by atoms with Gasteiger partial charge in [-0.15, -0.1) is 5.11 Å². The van der Waals surface area contributed by atoms with Crippen LogP contribution < -0.4 is 0 Å². The zero-order valence-electron chi connectivity index (χ0n) is 14.9. The minimum Gasteiger partial charge on any atom is -0.507 e. The molecule has 144 valence electrons. The van der Waals surface area contributed by atoms with Gasteiger partial charge in [-0.3, -0.25) is 4.98 Å². The molecular formula is C19H18N4O4S. The van der Waals surface area contributed by atoms with E-state index in [0.29, 0.717) is 48.6 Å². The zero-order chi connectivity index (χ0) is 19.6. The third-order valence-corrected chi connectivity index (χ3v) is 6.32. The second-order valence-corrected chi connectivity index (χ2v) is 8.16. The number of fused-ring (bicyclic) bond motifs is 1. The number of nitrogens with zero attached hydrogens (tertiary/aromatic N) is 4. The SMILES string of the molecule is O=S(=O)(c1cccc(N=Nc2ccc(O)c3cccnc23)c1)N1CCOCC1. The number of aromatic nitrogens is 1. The molecule has 1 N–H and O–H groups in total. The fourth-order valence-corrected chi connectivity index (χ4v) is 4.43. The summed E-state index contributed by atoms with van der Waals surface area (Å²) in [7, 11) is -3.60. The molecule has 3 aromatic rings. The van der Waals surface area contributed by atoms with Crippen LogP contribution in [-0.4, -0.2) is 49.1 Å². The number of phenolic OH excluding ortho intramolecular Hbond substituents is 1. The number of pyridine rings is 1. The number of rotatable bonds is 4. The average Bonchev–Trinajstić information content (AvgIpc) is 2.74. The van der Waals surface area contributed by atoms with E-state index in [0.717, 1.165) is 0 Å². The van der Waals surface area contributed by atoms with E-state index in [-0.39, 0.29) is 10.6 Å². The van der Waals surface area contributed by atoms with Gasteiger partial charge in [-0.1, -0.05) is 6.07 Å².